The predicted molar refractivity (Wildman–Crippen MR) is 98.8 cm³/mol. The molecule has 0 atom stereocenters. The monoisotopic (exact) mass is 351 g/mol. The lowest BCUT2D eigenvalue weighted by Crippen LogP contribution is -2.34. The molecule has 0 aliphatic carbocycles. The van der Waals surface area contributed by atoms with Crippen molar-refractivity contribution in [3.63, 3.8) is 0 Å². The third kappa shape index (κ3) is 2.90. The number of hydrogen-bond acceptors (Lipinski definition) is 4. The van der Waals surface area contributed by atoms with E-state index in [1.165, 1.54) is 0 Å². The zero-order chi connectivity index (χ0) is 18.1. The molecule has 5 heteroatoms. The highest BCUT2D eigenvalue weighted by atomic mass is 16.5. The number of fused-ring (bicyclic) bond motifs is 2. The van der Waals surface area contributed by atoms with Gasteiger partial charge in [0.1, 0.15) is 5.75 Å². The number of benzene rings is 2. The van der Waals surface area contributed by atoms with E-state index in [4.69, 9.17) is 14.2 Å². The van der Waals surface area contributed by atoms with Crippen LogP contribution in [0.5, 0.6) is 17.2 Å². The summed E-state index contributed by atoms with van der Waals surface area (Å²) in [7, 11) is 1.61. The number of hydrogen-bond donors (Lipinski definition) is 0. The minimum Gasteiger partial charge on any atom is -0.497 e. The number of rotatable bonds is 2. The first-order chi connectivity index (χ1) is 12.7. The van der Waals surface area contributed by atoms with Crippen LogP contribution in [-0.4, -0.2) is 37.7 Å². The Labute approximate surface area is 152 Å². The van der Waals surface area contributed by atoms with Crippen LogP contribution in [0.4, 0.5) is 0 Å². The van der Waals surface area contributed by atoms with Crippen LogP contribution in [0.3, 0.4) is 0 Å². The van der Waals surface area contributed by atoms with Crippen molar-refractivity contribution in [2.75, 3.05) is 26.9 Å². The Morgan fingerprint density at radius 1 is 1.12 bits per heavy atom. The maximum absolute atomic E-state index is 12.9. The maximum atomic E-state index is 12.9. The number of nitrogens with zero attached hydrogens (tertiary/aromatic N) is 1. The molecule has 0 saturated carbocycles. The smallest absolute Gasteiger partial charge is 0.258 e. The van der Waals surface area contributed by atoms with Gasteiger partial charge in [0.05, 0.1) is 20.3 Å². The normalized spacial score (nSPS) is 15.9. The number of amides is 1. The molecule has 0 fully saturated rings. The molecule has 1 amide bonds. The lowest BCUT2D eigenvalue weighted by molar-refractivity contribution is 0.0833. The Balaban J connectivity index is 1.62. The molecule has 0 spiro atoms. The summed E-state index contributed by atoms with van der Waals surface area (Å²) in [5, 5.41) is 0. The third-order valence-electron chi connectivity index (χ3n) is 4.80. The highest BCUT2D eigenvalue weighted by Gasteiger charge is 2.27. The molecule has 2 aliphatic rings. The van der Waals surface area contributed by atoms with Crippen molar-refractivity contribution in [3.8, 4) is 17.2 Å². The fraction of sp³-hybridized carbons (Fsp3) is 0.286. The molecule has 2 aliphatic heterocycles. The van der Waals surface area contributed by atoms with Crippen molar-refractivity contribution in [2.24, 2.45) is 0 Å². The summed E-state index contributed by atoms with van der Waals surface area (Å²) in [4.78, 5) is 14.7. The molecule has 26 heavy (non-hydrogen) atoms. The maximum Gasteiger partial charge on any atom is 0.258 e. The molecular weight excluding hydrogens is 330 g/mol. The summed E-state index contributed by atoms with van der Waals surface area (Å²) in [6.45, 7) is 6.06. The second-order valence-corrected chi connectivity index (χ2v) is 6.39. The van der Waals surface area contributed by atoms with E-state index in [1.807, 2.05) is 12.1 Å². The minimum atomic E-state index is -0.0598. The molecule has 0 radical (unpaired) electrons. The lowest BCUT2D eigenvalue weighted by Gasteiger charge is -2.31. The Bertz CT molecular complexity index is 857. The summed E-state index contributed by atoms with van der Waals surface area (Å²) in [5.41, 5.74) is 3.40. The summed E-state index contributed by atoms with van der Waals surface area (Å²) in [6.07, 6.45) is 1.62. The van der Waals surface area contributed by atoms with Crippen molar-refractivity contribution < 1.29 is 19.0 Å². The average molecular weight is 351 g/mol. The average Bonchev–Trinajstić information content (AvgIpc) is 2.91. The Hall–Kier alpha value is -2.95. The van der Waals surface area contributed by atoms with Crippen molar-refractivity contribution >= 4 is 11.6 Å². The van der Waals surface area contributed by atoms with Crippen LogP contribution in [0.25, 0.3) is 5.70 Å². The third-order valence-corrected chi connectivity index (χ3v) is 4.80. The van der Waals surface area contributed by atoms with E-state index in [-0.39, 0.29) is 5.91 Å². The Morgan fingerprint density at radius 3 is 2.50 bits per heavy atom. The standard InChI is InChI=1S/C21H21NO4/c1-14-18-13-20-19(25-10-3-11-26-20)12-16(18)8-9-22(14)21(23)15-4-6-17(24-2)7-5-15/h4-7,12-13H,1,3,8-11H2,2H3. The second kappa shape index (κ2) is 6.75. The molecule has 2 heterocycles. The molecule has 4 rings (SSSR count). The quantitative estimate of drug-likeness (QED) is 0.831. The van der Waals surface area contributed by atoms with Gasteiger partial charge in [-0.15, -0.1) is 0 Å². The van der Waals surface area contributed by atoms with Crippen LogP contribution in [0.2, 0.25) is 0 Å². The van der Waals surface area contributed by atoms with Gasteiger partial charge < -0.3 is 19.1 Å². The van der Waals surface area contributed by atoms with E-state index >= 15 is 0 Å². The summed E-state index contributed by atoms with van der Waals surface area (Å²) in [5.74, 6) is 2.17. The van der Waals surface area contributed by atoms with Gasteiger partial charge in [0.25, 0.3) is 5.91 Å². The zero-order valence-corrected chi connectivity index (χ0v) is 14.8. The topological polar surface area (TPSA) is 48.0 Å². The van der Waals surface area contributed by atoms with Gasteiger partial charge in [-0.3, -0.25) is 4.79 Å². The van der Waals surface area contributed by atoms with E-state index in [9.17, 15) is 4.79 Å². The van der Waals surface area contributed by atoms with E-state index in [0.717, 1.165) is 41.2 Å². The molecule has 2 aromatic carbocycles. The van der Waals surface area contributed by atoms with Gasteiger partial charge in [0.15, 0.2) is 11.5 Å². The van der Waals surface area contributed by atoms with Crippen LogP contribution in [0, 0.1) is 0 Å². The fourth-order valence-corrected chi connectivity index (χ4v) is 3.35. The molecular formula is C21H21NO4. The zero-order valence-electron chi connectivity index (χ0n) is 14.8. The lowest BCUT2D eigenvalue weighted by atomic mass is 9.95. The van der Waals surface area contributed by atoms with E-state index in [2.05, 4.69) is 6.58 Å². The van der Waals surface area contributed by atoms with Crippen LogP contribution in [0.1, 0.15) is 27.9 Å². The number of ether oxygens (including phenoxy) is 3. The van der Waals surface area contributed by atoms with Crippen LogP contribution < -0.4 is 14.2 Å². The molecule has 0 N–H and O–H groups in total. The van der Waals surface area contributed by atoms with Crippen LogP contribution >= 0.6 is 0 Å². The highest BCUT2D eigenvalue weighted by Crippen LogP contribution is 2.38. The van der Waals surface area contributed by atoms with Gasteiger partial charge >= 0.3 is 0 Å². The van der Waals surface area contributed by atoms with Gasteiger partial charge in [-0.25, -0.2) is 0 Å². The van der Waals surface area contributed by atoms with Crippen molar-refractivity contribution in [1.29, 1.82) is 0 Å². The Kier molecular flexibility index (Phi) is 4.29. The SMILES string of the molecule is C=C1c2cc3c(cc2CCN1C(=O)c1ccc(OC)cc1)OCCCO3. The first kappa shape index (κ1) is 16.5. The molecule has 5 nitrogen and oxygen atoms in total. The molecule has 2 aromatic rings. The van der Waals surface area contributed by atoms with E-state index < -0.39 is 0 Å². The van der Waals surface area contributed by atoms with Crippen molar-refractivity contribution in [3.05, 3.63) is 59.7 Å². The van der Waals surface area contributed by atoms with Crippen LogP contribution in [-0.2, 0) is 6.42 Å². The van der Waals surface area contributed by atoms with E-state index in [0.29, 0.717) is 31.0 Å². The largest absolute Gasteiger partial charge is 0.497 e. The highest BCUT2D eigenvalue weighted by molar-refractivity contribution is 6.00. The molecule has 0 unspecified atom stereocenters. The fourth-order valence-electron chi connectivity index (χ4n) is 3.35. The van der Waals surface area contributed by atoms with Gasteiger partial charge in [-0.05, 0) is 48.4 Å². The summed E-state index contributed by atoms with van der Waals surface area (Å²) < 4.78 is 16.7. The summed E-state index contributed by atoms with van der Waals surface area (Å²) in [6, 6.07) is 11.1. The van der Waals surface area contributed by atoms with Gasteiger partial charge in [0, 0.05) is 29.8 Å². The van der Waals surface area contributed by atoms with E-state index in [1.54, 1.807) is 36.3 Å². The first-order valence-corrected chi connectivity index (χ1v) is 8.75. The summed E-state index contributed by atoms with van der Waals surface area (Å²) >= 11 is 0. The number of carbonyl (C=O) groups is 1. The molecule has 0 aromatic heterocycles. The van der Waals surface area contributed by atoms with Crippen molar-refractivity contribution in [2.45, 2.75) is 12.8 Å². The molecule has 134 valence electrons. The van der Waals surface area contributed by atoms with Crippen molar-refractivity contribution in [1.82, 2.24) is 4.90 Å². The Morgan fingerprint density at radius 2 is 1.81 bits per heavy atom. The molecule has 0 saturated heterocycles. The first-order valence-electron chi connectivity index (χ1n) is 8.75. The number of carbonyl (C=O) groups excluding carboxylic acids is 1. The van der Waals surface area contributed by atoms with Gasteiger partial charge in [-0.2, -0.15) is 0 Å². The van der Waals surface area contributed by atoms with Crippen LogP contribution in [0.15, 0.2) is 43.0 Å². The molecule has 0 bridgehead atoms. The second-order valence-electron chi connectivity index (χ2n) is 6.39. The van der Waals surface area contributed by atoms with Gasteiger partial charge in [-0.1, -0.05) is 6.58 Å². The van der Waals surface area contributed by atoms with Gasteiger partial charge in [0.2, 0.25) is 0 Å². The number of methoxy groups -OCH3 is 1. The predicted octanol–water partition coefficient (Wildman–Crippen LogP) is 3.53. The minimum absolute atomic E-state index is 0.0598.